The van der Waals surface area contributed by atoms with E-state index in [9.17, 15) is 19.7 Å². The summed E-state index contributed by atoms with van der Waals surface area (Å²) in [6, 6.07) is 10.5. The van der Waals surface area contributed by atoms with Crippen molar-refractivity contribution >= 4 is 39.1 Å². The van der Waals surface area contributed by atoms with Crippen LogP contribution in [0.25, 0.3) is 0 Å². The van der Waals surface area contributed by atoms with Crippen LogP contribution in [0.1, 0.15) is 20.7 Å². The molecule has 2 N–H and O–H groups in total. The molecule has 0 radical (unpaired) electrons. The molecule has 0 fully saturated rings. The zero-order chi connectivity index (χ0) is 18.4. The lowest BCUT2D eigenvalue weighted by Crippen LogP contribution is -2.25. The van der Waals surface area contributed by atoms with Gasteiger partial charge in [0, 0.05) is 18.2 Å². The number of carbonyl (C=O) groups excluding carboxylic acids is 2. The first-order valence-corrected chi connectivity index (χ1v) is 7.96. The van der Waals surface area contributed by atoms with Gasteiger partial charge in [-0.25, -0.2) is 0 Å². The van der Waals surface area contributed by atoms with Crippen LogP contribution < -0.4 is 10.6 Å². The van der Waals surface area contributed by atoms with Gasteiger partial charge in [0.1, 0.15) is 0 Å². The van der Waals surface area contributed by atoms with Gasteiger partial charge in [-0.05, 0) is 40.2 Å². The van der Waals surface area contributed by atoms with Crippen molar-refractivity contribution in [3.63, 3.8) is 0 Å². The molecule has 0 spiro atoms. The Kier molecular flexibility index (Phi) is 6.02. The van der Waals surface area contributed by atoms with Crippen molar-refractivity contribution in [1.82, 2.24) is 5.32 Å². The van der Waals surface area contributed by atoms with Gasteiger partial charge < -0.3 is 10.6 Å². The topological polar surface area (TPSA) is 101 Å². The number of halogens is 1. The molecule has 0 saturated heterocycles. The Morgan fingerprint density at radius 3 is 2.60 bits per heavy atom. The third-order valence-electron chi connectivity index (χ3n) is 3.23. The largest absolute Gasteiger partial charge is 0.349 e. The maximum Gasteiger partial charge on any atom is 0.284 e. The van der Waals surface area contributed by atoms with Gasteiger partial charge in [0.25, 0.3) is 17.5 Å². The lowest BCUT2D eigenvalue weighted by molar-refractivity contribution is -0.385. The summed E-state index contributed by atoms with van der Waals surface area (Å²) in [7, 11) is 0. The van der Waals surface area contributed by atoms with Gasteiger partial charge in [-0.2, -0.15) is 0 Å². The first-order chi connectivity index (χ1) is 11.9. The number of para-hydroxylation sites is 1. The number of anilines is 1. The van der Waals surface area contributed by atoms with Crippen molar-refractivity contribution in [3.8, 4) is 0 Å². The fourth-order valence-corrected chi connectivity index (χ4v) is 2.43. The normalized spacial score (nSPS) is 9.96. The van der Waals surface area contributed by atoms with E-state index in [0.717, 1.165) is 0 Å². The molecule has 0 aromatic heterocycles. The second-order valence-corrected chi connectivity index (χ2v) is 5.78. The van der Waals surface area contributed by atoms with Crippen molar-refractivity contribution < 1.29 is 14.5 Å². The predicted molar refractivity (Wildman–Crippen MR) is 97.7 cm³/mol. The molecular weight excluding hydrogens is 390 g/mol. The van der Waals surface area contributed by atoms with Gasteiger partial charge in [0.2, 0.25) is 0 Å². The quantitative estimate of drug-likeness (QED) is 0.437. The van der Waals surface area contributed by atoms with Crippen molar-refractivity contribution in [3.05, 3.63) is 80.8 Å². The van der Waals surface area contributed by atoms with Crippen molar-refractivity contribution in [1.29, 1.82) is 0 Å². The average molecular weight is 404 g/mol. The van der Waals surface area contributed by atoms with Gasteiger partial charge in [-0.1, -0.05) is 18.2 Å². The minimum atomic E-state index is -0.586. The van der Waals surface area contributed by atoms with Crippen LogP contribution in [0.2, 0.25) is 0 Å². The highest BCUT2D eigenvalue weighted by Crippen LogP contribution is 2.26. The maximum absolute atomic E-state index is 12.4. The maximum atomic E-state index is 12.4. The van der Waals surface area contributed by atoms with Gasteiger partial charge in [0.15, 0.2) is 0 Å². The summed E-state index contributed by atoms with van der Waals surface area (Å²) >= 11 is 3.07. The molecule has 8 heteroatoms. The zero-order valence-corrected chi connectivity index (χ0v) is 14.6. The van der Waals surface area contributed by atoms with Gasteiger partial charge in [-0.3, -0.25) is 19.7 Å². The number of nitro groups is 1. The highest BCUT2D eigenvalue weighted by atomic mass is 79.9. The lowest BCUT2D eigenvalue weighted by Gasteiger charge is -2.11. The van der Waals surface area contributed by atoms with Crippen LogP contribution in [-0.2, 0) is 0 Å². The van der Waals surface area contributed by atoms with E-state index in [1.807, 2.05) is 0 Å². The summed E-state index contributed by atoms with van der Waals surface area (Å²) in [6.45, 7) is 3.81. The van der Waals surface area contributed by atoms with E-state index in [1.165, 1.54) is 18.2 Å². The fraction of sp³-hybridized carbons (Fsp3) is 0.0588. The predicted octanol–water partition coefficient (Wildman–Crippen LogP) is 3.53. The summed E-state index contributed by atoms with van der Waals surface area (Å²) in [5.74, 6) is -0.919. The Hall–Kier alpha value is -3.00. The molecule has 25 heavy (non-hydrogen) atoms. The molecule has 2 rings (SSSR count). The van der Waals surface area contributed by atoms with E-state index < -0.39 is 10.8 Å². The van der Waals surface area contributed by atoms with E-state index in [0.29, 0.717) is 12.2 Å². The van der Waals surface area contributed by atoms with Crippen molar-refractivity contribution in [2.75, 3.05) is 11.9 Å². The van der Waals surface area contributed by atoms with Crippen LogP contribution in [0.15, 0.2) is 59.6 Å². The summed E-state index contributed by atoms with van der Waals surface area (Å²) < 4.78 is 0.276. The Morgan fingerprint density at radius 2 is 1.92 bits per heavy atom. The third kappa shape index (κ3) is 4.51. The third-order valence-corrected chi connectivity index (χ3v) is 3.90. The molecule has 0 heterocycles. The Bertz CT molecular complexity index is 852. The zero-order valence-electron chi connectivity index (χ0n) is 13.0. The molecule has 0 aliphatic rings. The summed E-state index contributed by atoms with van der Waals surface area (Å²) in [4.78, 5) is 34.9. The minimum absolute atomic E-state index is 0.108. The SMILES string of the molecule is C=CCNC(=O)c1ccccc1NC(=O)c1ccc(Br)c([N+](=O)[O-])c1. The molecule has 0 atom stereocenters. The van der Waals surface area contributed by atoms with E-state index in [4.69, 9.17) is 0 Å². The Balaban J connectivity index is 2.27. The number of benzene rings is 2. The van der Waals surface area contributed by atoms with Crippen LogP contribution in [0.4, 0.5) is 11.4 Å². The number of amides is 2. The second-order valence-electron chi connectivity index (χ2n) is 4.92. The number of hydrogen-bond acceptors (Lipinski definition) is 4. The molecule has 128 valence electrons. The first kappa shape index (κ1) is 18.3. The van der Waals surface area contributed by atoms with Crippen LogP contribution in [0.3, 0.4) is 0 Å². The second kappa shape index (κ2) is 8.20. The summed E-state index contributed by atoms with van der Waals surface area (Å²) in [5, 5.41) is 16.2. The Labute approximate surface area is 152 Å². The number of rotatable bonds is 6. The average Bonchev–Trinajstić information content (AvgIpc) is 2.60. The molecule has 2 aromatic rings. The van der Waals surface area contributed by atoms with Gasteiger partial charge in [-0.15, -0.1) is 6.58 Å². The highest BCUT2D eigenvalue weighted by molar-refractivity contribution is 9.10. The Morgan fingerprint density at radius 1 is 1.20 bits per heavy atom. The van der Waals surface area contributed by atoms with E-state index in [1.54, 1.807) is 30.3 Å². The first-order valence-electron chi connectivity index (χ1n) is 7.17. The number of nitro benzene ring substituents is 1. The number of carbonyl (C=O) groups is 2. The number of nitrogens with zero attached hydrogens (tertiary/aromatic N) is 1. The number of nitrogens with one attached hydrogen (secondary N) is 2. The molecular formula is C17H14BrN3O4. The van der Waals surface area contributed by atoms with Crippen molar-refractivity contribution in [2.45, 2.75) is 0 Å². The minimum Gasteiger partial charge on any atom is -0.349 e. The van der Waals surface area contributed by atoms with Gasteiger partial charge in [0.05, 0.1) is 20.6 Å². The molecule has 2 aromatic carbocycles. The molecule has 7 nitrogen and oxygen atoms in total. The molecule has 0 saturated carbocycles. The van der Waals surface area contributed by atoms with E-state index in [-0.39, 0.29) is 27.2 Å². The molecule has 0 aliphatic carbocycles. The number of hydrogen-bond donors (Lipinski definition) is 2. The molecule has 0 unspecified atom stereocenters. The molecule has 0 bridgehead atoms. The van der Waals surface area contributed by atoms with Crippen LogP contribution in [0.5, 0.6) is 0 Å². The lowest BCUT2D eigenvalue weighted by atomic mass is 10.1. The van der Waals surface area contributed by atoms with Gasteiger partial charge >= 0.3 is 0 Å². The van der Waals surface area contributed by atoms with Crippen LogP contribution in [-0.4, -0.2) is 23.3 Å². The molecule has 0 aliphatic heterocycles. The van der Waals surface area contributed by atoms with E-state index in [2.05, 4.69) is 33.1 Å². The monoisotopic (exact) mass is 403 g/mol. The summed E-state index contributed by atoms with van der Waals surface area (Å²) in [6.07, 6.45) is 1.54. The van der Waals surface area contributed by atoms with Crippen LogP contribution >= 0.6 is 15.9 Å². The standard InChI is InChI=1S/C17H14BrN3O4/c1-2-9-19-17(23)12-5-3-4-6-14(12)20-16(22)11-7-8-13(18)15(10-11)21(24)25/h2-8,10H,1,9H2,(H,19,23)(H,20,22). The van der Waals surface area contributed by atoms with Crippen LogP contribution in [0, 0.1) is 10.1 Å². The smallest absolute Gasteiger partial charge is 0.284 e. The fourth-order valence-electron chi connectivity index (χ4n) is 2.04. The highest BCUT2D eigenvalue weighted by Gasteiger charge is 2.18. The molecule has 2 amide bonds. The van der Waals surface area contributed by atoms with Crippen molar-refractivity contribution in [2.24, 2.45) is 0 Å². The van der Waals surface area contributed by atoms with E-state index >= 15 is 0 Å². The summed E-state index contributed by atoms with van der Waals surface area (Å²) in [5.41, 5.74) is 0.477.